The fourth-order valence-corrected chi connectivity index (χ4v) is 11.0. The summed E-state index contributed by atoms with van der Waals surface area (Å²) in [5, 5.41) is 3.94. The number of aliphatic imine (C=N–C) groups is 1. The summed E-state index contributed by atoms with van der Waals surface area (Å²) in [6.45, 7) is 20.5. The van der Waals surface area contributed by atoms with Crippen LogP contribution >= 0.6 is 0 Å². The lowest BCUT2D eigenvalue weighted by molar-refractivity contribution is -0.125. The van der Waals surface area contributed by atoms with Gasteiger partial charge in [-0.25, -0.2) is 9.38 Å². The molecule has 1 aromatic heterocycles. The zero-order valence-electron chi connectivity index (χ0n) is 34.4. The lowest BCUT2D eigenvalue weighted by Gasteiger charge is -2.53. The average Bonchev–Trinajstić information content (AvgIpc) is 3.81. The third-order valence-electron chi connectivity index (χ3n) is 13.9. The fraction of sp³-hybridized carbons (Fsp3) is 0.489. The van der Waals surface area contributed by atoms with Crippen molar-refractivity contribution in [3.05, 3.63) is 106 Å². The zero-order valence-corrected chi connectivity index (χ0v) is 34.4. The summed E-state index contributed by atoms with van der Waals surface area (Å²) in [6, 6.07) is 11.5. The summed E-state index contributed by atoms with van der Waals surface area (Å²) in [6.07, 6.45) is 10.5. The van der Waals surface area contributed by atoms with Crippen LogP contribution in [0, 0.1) is 11.3 Å². The van der Waals surface area contributed by atoms with Crippen LogP contribution in [0.5, 0.6) is 0 Å². The van der Waals surface area contributed by atoms with Gasteiger partial charge in [0.05, 0.1) is 17.2 Å². The number of benzene rings is 2. The molecule has 0 radical (unpaired) electrons. The van der Waals surface area contributed by atoms with E-state index in [-0.39, 0.29) is 29.8 Å². The first-order chi connectivity index (χ1) is 27.7. The molecule has 6 heterocycles. The predicted molar refractivity (Wildman–Crippen MR) is 225 cm³/mol. The number of carbonyl (C=O) groups excluding carboxylic acids is 3. The number of carbonyl (C=O) groups is 3. The van der Waals surface area contributed by atoms with Gasteiger partial charge in [0.15, 0.2) is 0 Å². The van der Waals surface area contributed by atoms with Gasteiger partial charge in [-0.05, 0) is 124 Å². The van der Waals surface area contributed by atoms with Crippen molar-refractivity contribution in [2.45, 2.75) is 110 Å². The number of nitrogens with one attached hydrogen (secondary N) is 2. The number of nitrogens with zero attached hydrogens (tertiary/aromatic N) is 5. The quantitative estimate of drug-likeness (QED) is 0.171. The standard InChI is InChI=1S/C47H56FN7O3/c1-7-32(42-41-36(35-10-8-9-11-39(35)51-41)18-29(3)54(42)27-46(5,6)48)23-49-30(4)53-16-14-47(15-17-53)21-31(22-47)24-52-25-33-19-37-38(20-34(33)26-52)45(58)55(44(37)57)40-13-12-28(2)50-43(40)56/h7-11,19-20,23,29,31,40,42,51H,2,4,12-18,21-22,24-27H2,1,3,5-6H3,(H,50,56)/b32-7+,49-23-/t29-,40?,42-/m1/s1. The summed E-state index contributed by atoms with van der Waals surface area (Å²) in [5.41, 5.74) is 7.25. The molecule has 1 saturated carbocycles. The second kappa shape index (κ2) is 14.4. The van der Waals surface area contributed by atoms with Crippen LogP contribution in [0.1, 0.15) is 115 Å². The van der Waals surface area contributed by atoms with Gasteiger partial charge in [-0.3, -0.25) is 29.1 Å². The maximum Gasteiger partial charge on any atom is 0.262 e. The summed E-state index contributed by atoms with van der Waals surface area (Å²) < 4.78 is 15.3. The maximum absolute atomic E-state index is 15.3. The van der Waals surface area contributed by atoms with Crippen LogP contribution < -0.4 is 5.32 Å². The molecule has 2 saturated heterocycles. The van der Waals surface area contributed by atoms with Crippen molar-refractivity contribution in [3.63, 3.8) is 0 Å². The Morgan fingerprint density at radius 2 is 1.72 bits per heavy atom. The normalized spacial score (nSPS) is 25.5. The molecule has 2 N–H and O–H groups in total. The van der Waals surface area contributed by atoms with Crippen LogP contribution in [0.4, 0.5) is 4.39 Å². The molecule has 5 aliphatic heterocycles. The number of hydrogen-bond acceptors (Lipinski definition) is 7. The van der Waals surface area contributed by atoms with Gasteiger partial charge < -0.3 is 15.2 Å². The van der Waals surface area contributed by atoms with E-state index in [2.05, 4.69) is 75.4 Å². The highest BCUT2D eigenvalue weighted by Gasteiger charge is 2.48. The molecule has 2 aromatic carbocycles. The number of para-hydroxylation sites is 1. The molecule has 3 fully saturated rings. The number of H-pyrrole nitrogens is 1. The van der Waals surface area contributed by atoms with E-state index in [0.717, 1.165) is 90.6 Å². The van der Waals surface area contributed by atoms with E-state index in [1.54, 1.807) is 13.8 Å². The molecule has 6 aliphatic rings. The van der Waals surface area contributed by atoms with Crippen molar-refractivity contribution >= 4 is 34.8 Å². The van der Waals surface area contributed by atoms with Gasteiger partial charge in [0.25, 0.3) is 11.8 Å². The summed E-state index contributed by atoms with van der Waals surface area (Å²) >= 11 is 0. The number of amides is 3. The molecule has 10 nitrogen and oxygen atoms in total. The Morgan fingerprint density at radius 3 is 2.36 bits per heavy atom. The minimum atomic E-state index is -1.35. The molecule has 11 heteroatoms. The van der Waals surface area contributed by atoms with Crippen LogP contribution in [0.25, 0.3) is 10.9 Å². The molecule has 1 spiro atoms. The van der Waals surface area contributed by atoms with Crippen LogP contribution in [0.15, 0.2) is 77.7 Å². The third kappa shape index (κ3) is 6.83. The Bertz CT molecular complexity index is 2240. The lowest BCUT2D eigenvalue weighted by Crippen LogP contribution is -2.51. The molecule has 58 heavy (non-hydrogen) atoms. The van der Waals surface area contributed by atoms with Gasteiger partial charge in [-0.2, -0.15) is 0 Å². The summed E-state index contributed by atoms with van der Waals surface area (Å²) in [5.74, 6) is 0.313. The molecule has 3 atom stereocenters. The second-order valence-corrected chi connectivity index (χ2v) is 18.6. The van der Waals surface area contributed by atoms with Gasteiger partial charge in [0, 0.05) is 73.8 Å². The van der Waals surface area contributed by atoms with Crippen LogP contribution in [-0.4, -0.2) is 92.5 Å². The Hall–Kier alpha value is -4.87. The Balaban J connectivity index is 0.794. The molecule has 3 aromatic rings. The van der Waals surface area contributed by atoms with Crippen molar-refractivity contribution in [2.75, 3.05) is 26.2 Å². The molecule has 0 bridgehead atoms. The summed E-state index contributed by atoms with van der Waals surface area (Å²) in [7, 11) is 0. The second-order valence-electron chi connectivity index (χ2n) is 18.6. The summed E-state index contributed by atoms with van der Waals surface area (Å²) in [4.78, 5) is 56.4. The van der Waals surface area contributed by atoms with Gasteiger partial charge in [0.2, 0.25) is 5.91 Å². The molecule has 9 rings (SSSR count). The van der Waals surface area contributed by atoms with E-state index in [1.165, 1.54) is 23.8 Å². The van der Waals surface area contributed by atoms with Crippen LogP contribution in [0.3, 0.4) is 0 Å². The monoisotopic (exact) mass is 785 g/mol. The fourth-order valence-electron chi connectivity index (χ4n) is 11.0. The van der Waals surface area contributed by atoms with E-state index in [1.807, 2.05) is 25.3 Å². The highest BCUT2D eigenvalue weighted by atomic mass is 19.1. The molecule has 304 valence electrons. The van der Waals surface area contributed by atoms with Crippen molar-refractivity contribution in [3.8, 4) is 0 Å². The predicted octanol–water partition coefficient (Wildman–Crippen LogP) is 7.59. The van der Waals surface area contributed by atoms with E-state index < -0.39 is 11.7 Å². The molecule has 1 unspecified atom stereocenters. The number of piperidine rings is 2. The number of hydrogen-bond donors (Lipinski definition) is 2. The smallest absolute Gasteiger partial charge is 0.262 e. The van der Waals surface area contributed by atoms with Crippen molar-refractivity contribution in [1.29, 1.82) is 0 Å². The SMILES string of the molecule is C=C1CCC(N2C(=O)c3cc4c(cc3C2=O)CN(CC2CC3(CCN(C(=C)/N=C\C(=C/C)[C@@H]5c6[nH]c7ccccc7c6C[C@@H](C)N5CC(C)(C)F)CC3)C2)C4)C(=O)N1. The van der Waals surface area contributed by atoms with Gasteiger partial charge in [-0.15, -0.1) is 0 Å². The third-order valence-corrected chi connectivity index (χ3v) is 13.9. The van der Waals surface area contributed by atoms with Gasteiger partial charge >= 0.3 is 0 Å². The topological polar surface area (TPSA) is 104 Å². The largest absolute Gasteiger partial charge is 0.357 e. The number of rotatable bonds is 9. The number of aromatic nitrogens is 1. The minimum Gasteiger partial charge on any atom is -0.357 e. The number of aromatic amines is 1. The van der Waals surface area contributed by atoms with Crippen LogP contribution in [-0.2, 0) is 24.3 Å². The first kappa shape index (κ1) is 38.6. The molecule has 3 amide bonds. The van der Waals surface area contributed by atoms with E-state index in [4.69, 9.17) is 4.99 Å². The Labute approximate surface area is 340 Å². The number of imide groups is 1. The lowest BCUT2D eigenvalue weighted by atomic mass is 9.57. The molecular formula is C47H56FN7O3. The highest BCUT2D eigenvalue weighted by Crippen LogP contribution is 2.53. The van der Waals surface area contributed by atoms with Crippen molar-refractivity contribution in [1.82, 2.24) is 29.9 Å². The average molecular weight is 786 g/mol. The van der Waals surface area contributed by atoms with E-state index in [0.29, 0.717) is 47.5 Å². The first-order valence-electron chi connectivity index (χ1n) is 21.1. The van der Waals surface area contributed by atoms with Crippen molar-refractivity contribution < 1.29 is 18.8 Å². The first-order valence-corrected chi connectivity index (χ1v) is 21.1. The van der Waals surface area contributed by atoms with Crippen LogP contribution in [0.2, 0.25) is 0 Å². The van der Waals surface area contributed by atoms with Gasteiger partial charge in [0.1, 0.15) is 17.5 Å². The Morgan fingerprint density at radius 1 is 1.05 bits per heavy atom. The molecule has 1 aliphatic carbocycles. The van der Waals surface area contributed by atoms with Crippen molar-refractivity contribution in [2.24, 2.45) is 16.3 Å². The number of likely N-dealkylation sites (tertiary alicyclic amines) is 1. The molecular weight excluding hydrogens is 730 g/mol. The van der Waals surface area contributed by atoms with E-state index in [9.17, 15) is 14.4 Å². The zero-order chi connectivity index (χ0) is 40.7. The minimum absolute atomic E-state index is 0.142. The van der Waals surface area contributed by atoms with E-state index >= 15 is 4.39 Å². The Kier molecular flexibility index (Phi) is 9.62. The number of alkyl halides is 1. The number of allylic oxidation sites excluding steroid dienone is 2. The number of halogens is 1. The number of fused-ring (bicyclic) bond motifs is 5. The van der Waals surface area contributed by atoms with Gasteiger partial charge in [-0.1, -0.05) is 37.4 Å². The highest BCUT2D eigenvalue weighted by molar-refractivity contribution is 6.23. The maximum atomic E-state index is 15.3.